The van der Waals surface area contributed by atoms with Crippen molar-refractivity contribution >= 4 is 17.2 Å². The SMILES string of the molecule is CC(C)(C)c1ccc(C2=C(C(=O)Nc3ccc(F)cc3F)CCCn3cccc32)cc1. The molecule has 1 aromatic heterocycles. The second-order valence-electron chi connectivity index (χ2n) is 8.95. The number of benzene rings is 2. The van der Waals surface area contributed by atoms with E-state index >= 15 is 0 Å². The first kappa shape index (κ1) is 21.0. The minimum Gasteiger partial charge on any atom is -0.347 e. The third-order valence-corrected chi connectivity index (χ3v) is 5.71. The van der Waals surface area contributed by atoms with E-state index in [1.807, 2.05) is 30.5 Å². The van der Waals surface area contributed by atoms with Crippen molar-refractivity contribution in [2.24, 2.45) is 0 Å². The number of nitrogens with one attached hydrogen (secondary N) is 1. The fourth-order valence-corrected chi connectivity index (χ4v) is 4.02. The highest BCUT2D eigenvalue weighted by atomic mass is 19.1. The van der Waals surface area contributed by atoms with E-state index in [1.54, 1.807) is 0 Å². The van der Waals surface area contributed by atoms with Crippen LogP contribution >= 0.6 is 0 Å². The third kappa shape index (κ3) is 4.31. The molecule has 0 bridgehead atoms. The first-order valence-corrected chi connectivity index (χ1v) is 10.5. The topological polar surface area (TPSA) is 34.0 Å². The molecule has 0 aliphatic carbocycles. The Hall–Kier alpha value is -3.21. The Bertz CT molecular complexity index is 1150. The van der Waals surface area contributed by atoms with Gasteiger partial charge in [-0.2, -0.15) is 0 Å². The number of carbonyl (C=O) groups is 1. The van der Waals surface area contributed by atoms with Gasteiger partial charge in [-0.15, -0.1) is 0 Å². The van der Waals surface area contributed by atoms with E-state index in [-0.39, 0.29) is 17.0 Å². The van der Waals surface area contributed by atoms with Gasteiger partial charge in [0.05, 0.1) is 5.69 Å². The van der Waals surface area contributed by atoms with Gasteiger partial charge < -0.3 is 9.88 Å². The lowest BCUT2D eigenvalue weighted by molar-refractivity contribution is -0.113. The molecule has 0 radical (unpaired) electrons. The van der Waals surface area contributed by atoms with Gasteiger partial charge >= 0.3 is 0 Å². The average molecular weight is 421 g/mol. The number of aromatic nitrogens is 1. The standard InChI is InChI=1S/C26H26F2N2O/c1-26(2,3)18-10-8-17(9-11-18)24-20(6-4-14-30-15-5-7-23(24)30)25(31)29-22-13-12-19(27)16-21(22)28/h5,7-13,15-16H,4,6,14H2,1-3H3,(H,29,31). The summed E-state index contributed by atoms with van der Waals surface area (Å²) in [5.74, 6) is -1.83. The van der Waals surface area contributed by atoms with Crippen LogP contribution in [0.5, 0.6) is 0 Å². The first-order valence-electron chi connectivity index (χ1n) is 10.5. The quantitative estimate of drug-likeness (QED) is 0.530. The summed E-state index contributed by atoms with van der Waals surface area (Å²) in [4.78, 5) is 13.3. The van der Waals surface area contributed by atoms with Crippen molar-refractivity contribution in [1.29, 1.82) is 0 Å². The lowest BCUT2D eigenvalue weighted by Gasteiger charge is -2.20. The Morgan fingerprint density at radius 3 is 2.45 bits per heavy atom. The molecular weight excluding hydrogens is 394 g/mol. The predicted octanol–water partition coefficient (Wildman–Crippen LogP) is 6.30. The number of halogens is 2. The van der Waals surface area contributed by atoms with Crippen LogP contribution in [-0.2, 0) is 16.8 Å². The van der Waals surface area contributed by atoms with Gasteiger partial charge in [0, 0.05) is 35.6 Å². The molecule has 31 heavy (non-hydrogen) atoms. The fourth-order valence-electron chi connectivity index (χ4n) is 4.02. The number of amides is 1. The van der Waals surface area contributed by atoms with E-state index in [0.717, 1.165) is 41.9 Å². The smallest absolute Gasteiger partial charge is 0.252 e. The molecule has 0 spiro atoms. The molecule has 5 heteroatoms. The lowest BCUT2D eigenvalue weighted by atomic mass is 9.85. The van der Waals surface area contributed by atoms with Crippen molar-refractivity contribution in [3.05, 3.63) is 94.8 Å². The van der Waals surface area contributed by atoms with E-state index in [2.05, 4.69) is 42.8 Å². The Balaban J connectivity index is 1.80. The predicted molar refractivity (Wildman–Crippen MR) is 120 cm³/mol. The summed E-state index contributed by atoms with van der Waals surface area (Å²) >= 11 is 0. The molecule has 0 saturated heterocycles. The molecule has 160 valence electrons. The Morgan fingerprint density at radius 2 is 1.77 bits per heavy atom. The highest BCUT2D eigenvalue weighted by molar-refractivity contribution is 6.11. The number of fused-ring (bicyclic) bond motifs is 1. The second-order valence-corrected chi connectivity index (χ2v) is 8.95. The molecule has 3 aromatic rings. The maximum Gasteiger partial charge on any atom is 0.252 e. The van der Waals surface area contributed by atoms with Crippen molar-refractivity contribution < 1.29 is 13.6 Å². The normalized spacial score (nSPS) is 14.2. The second kappa shape index (κ2) is 8.14. The monoisotopic (exact) mass is 420 g/mol. The van der Waals surface area contributed by atoms with Crippen LogP contribution in [0.15, 0.2) is 66.4 Å². The van der Waals surface area contributed by atoms with Gasteiger partial charge in [-0.3, -0.25) is 4.79 Å². The molecule has 3 nitrogen and oxygen atoms in total. The molecule has 0 fully saturated rings. The summed E-state index contributed by atoms with van der Waals surface area (Å²) in [6.07, 6.45) is 3.37. The Kier molecular flexibility index (Phi) is 5.52. The van der Waals surface area contributed by atoms with Crippen molar-refractivity contribution in [3.8, 4) is 0 Å². The average Bonchev–Trinajstić information content (AvgIpc) is 3.09. The summed E-state index contributed by atoms with van der Waals surface area (Å²) in [6, 6.07) is 15.4. The molecule has 1 aliphatic heterocycles. The maximum atomic E-state index is 14.1. The molecule has 4 rings (SSSR count). The minimum absolute atomic E-state index is 0.0247. The first-order chi connectivity index (χ1) is 14.7. The van der Waals surface area contributed by atoms with Gasteiger partial charge in [-0.05, 0) is 53.6 Å². The number of hydrogen-bond acceptors (Lipinski definition) is 1. The third-order valence-electron chi connectivity index (χ3n) is 5.71. The molecular formula is C26H26F2N2O. The van der Waals surface area contributed by atoms with Crippen LogP contribution in [-0.4, -0.2) is 10.5 Å². The molecule has 1 aliphatic rings. The van der Waals surface area contributed by atoms with Gasteiger partial charge in [0.1, 0.15) is 11.6 Å². The zero-order valence-electron chi connectivity index (χ0n) is 18.0. The van der Waals surface area contributed by atoms with Crippen molar-refractivity contribution in [2.45, 2.75) is 45.6 Å². The summed E-state index contributed by atoms with van der Waals surface area (Å²) in [5, 5.41) is 2.65. The van der Waals surface area contributed by atoms with Crippen LogP contribution < -0.4 is 5.32 Å². The molecule has 0 unspecified atom stereocenters. The Morgan fingerprint density at radius 1 is 1.03 bits per heavy atom. The fraction of sp³-hybridized carbons (Fsp3) is 0.269. The van der Waals surface area contributed by atoms with E-state index in [9.17, 15) is 13.6 Å². The van der Waals surface area contributed by atoms with E-state index in [1.165, 1.54) is 11.6 Å². The number of anilines is 1. The van der Waals surface area contributed by atoms with E-state index in [0.29, 0.717) is 12.0 Å². The van der Waals surface area contributed by atoms with Crippen molar-refractivity contribution in [1.82, 2.24) is 4.57 Å². The molecule has 1 N–H and O–H groups in total. The number of aryl methyl sites for hydroxylation is 1. The minimum atomic E-state index is -0.790. The van der Waals surface area contributed by atoms with Gasteiger partial charge in [-0.25, -0.2) is 8.78 Å². The zero-order chi connectivity index (χ0) is 22.2. The van der Waals surface area contributed by atoms with E-state index < -0.39 is 11.6 Å². The molecule has 1 amide bonds. The van der Waals surface area contributed by atoms with Crippen molar-refractivity contribution in [3.63, 3.8) is 0 Å². The molecule has 0 atom stereocenters. The summed E-state index contributed by atoms with van der Waals surface area (Å²) in [7, 11) is 0. The highest BCUT2D eigenvalue weighted by Crippen LogP contribution is 2.34. The zero-order valence-corrected chi connectivity index (χ0v) is 18.0. The van der Waals surface area contributed by atoms with Gasteiger partial charge in [-0.1, -0.05) is 45.0 Å². The van der Waals surface area contributed by atoms with Crippen LogP contribution in [0.4, 0.5) is 14.5 Å². The number of carbonyl (C=O) groups excluding carboxylic acids is 1. The summed E-state index contributed by atoms with van der Waals surface area (Å²) in [6.45, 7) is 7.28. The highest BCUT2D eigenvalue weighted by Gasteiger charge is 2.24. The number of rotatable bonds is 3. The molecule has 2 heterocycles. The van der Waals surface area contributed by atoms with Gasteiger partial charge in [0.25, 0.3) is 5.91 Å². The van der Waals surface area contributed by atoms with Crippen LogP contribution in [0, 0.1) is 11.6 Å². The summed E-state index contributed by atoms with van der Waals surface area (Å²) < 4.78 is 29.6. The summed E-state index contributed by atoms with van der Waals surface area (Å²) in [5.41, 5.74) is 4.57. The van der Waals surface area contributed by atoms with Crippen LogP contribution in [0.1, 0.15) is 50.4 Å². The van der Waals surface area contributed by atoms with E-state index in [4.69, 9.17) is 0 Å². The van der Waals surface area contributed by atoms with Gasteiger partial charge in [0.15, 0.2) is 0 Å². The maximum absolute atomic E-state index is 14.1. The lowest BCUT2D eigenvalue weighted by Crippen LogP contribution is -2.17. The molecule has 2 aromatic carbocycles. The number of hydrogen-bond donors (Lipinski definition) is 1. The Labute approximate surface area is 181 Å². The van der Waals surface area contributed by atoms with Crippen molar-refractivity contribution in [2.75, 3.05) is 5.32 Å². The molecule has 0 saturated carbocycles. The van der Waals surface area contributed by atoms with Crippen LogP contribution in [0.3, 0.4) is 0 Å². The van der Waals surface area contributed by atoms with Crippen LogP contribution in [0.25, 0.3) is 5.57 Å². The van der Waals surface area contributed by atoms with Gasteiger partial charge in [0.2, 0.25) is 0 Å². The largest absolute Gasteiger partial charge is 0.347 e. The number of nitrogens with zero attached hydrogens (tertiary/aromatic N) is 1. The van der Waals surface area contributed by atoms with Crippen LogP contribution in [0.2, 0.25) is 0 Å².